The molecular formula is C20H25NO3S. The Kier molecular flexibility index (Phi) is 6.76. The van der Waals surface area contributed by atoms with Crippen molar-refractivity contribution in [1.82, 2.24) is 0 Å². The van der Waals surface area contributed by atoms with E-state index < -0.39 is 9.84 Å². The van der Waals surface area contributed by atoms with E-state index in [1.165, 1.54) is 6.26 Å². The minimum absolute atomic E-state index is 0.0142. The van der Waals surface area contributed by atoms with Crippen LogP contribution in [0, 0.1) is 0 Å². The average Bonchev–Trinajstić information content (AvgIpc) is 2.59. The van der Waals surface area contributed by atoms with Crippen LogP contribution in [0.4, 0.5) is 5.69 Å². The molecule has 0 saturated heterocycles. The first-order valence-electron chi connectivity index (χ1n) is 8.61. The fraction of sp³-hybridized carbons (Fsp3) is 0.350. The zero-order valence-electron chi connectivity index (χ0n) is 14.8. The van der Waals surface area contributed by atoms with Crippen LogP contribution in [0.25, 0.3) is 11.1 Å². The van der Waals surface area contributed by atoms with Crippen LogP contribution in [-0.2, 0) is 14.6 Å². The first-order chi connectivity index (χ1) is 11.9. The zero-order valence-corrected chi connectivity index (χ0v) is 15.6. The second-order valence-electron chi connectivity index (χ2n) is 6.20. The Morgan fingerprint density at radius 2 is 1.64 bits per heavy atom. The second kappa shape index (κ2) is 8.81. The molecule has 0 atom stereocenters. The molecule has 0 aliphatic carbocycles. The van der Waals surface area contributed by atoms with Crippen molar-refractivity contribution in [2.75, 3.05) is 11.6 Å². The van der Waals surface area contributed by atoms with Gasteiger partial charge in [0.25, 0.3) is 0 Å². The van der Waals surface area contributed by atoms with Crippen molar-refractivity contribution < 1.29 is 13.2 Å². The number of carbonyl (C=O) groups excluding carboxylic acids is 1. The van der Waals surface area contributed by atoms with Gasteiger partial charge < -0.3 is 5.32 Å². The molecule has 2 aromatic carbocycles. The molecule has 0 aliphatic heterocycles. The van der Waals surface area contributed by atoms with Crippen LogP contribution in [0.15, 0.2) is 53.4 Å². The van der Waals surface area contributed by atoms with E-state index in [9.17, 15) is 13.2 Å². The lowest BCUT2D eigenvalue weighted by atomic mass is 10.1. The fourth-order valence-electron chi connectivity index (χ4n) is 2.70. The summed E-state index contributed by atoms with van der Waals surface area (Å²) < 4.78 is 23.9. The molecule has 0 spiro atoms. The van der Waals surface area contributed by atoms with E-state index in [0.29, 0.717) is 16.9 Å². The molecule has 1 N–H and O–H groups in total. The van der Waals surface area contributed by atoms with Crippen molar-refractivity contribution in [2.45, 2.75) is 43.9 Å². The second-order valence-corrected chi connectivity index (χ2v) is 8.19. The summed E-state index contributed by atoms with van der Waals surface area (Å²) >= 11 is 0. The van der Waals surface area contributed by atoms with Gasteiger partial charge in [-0.25, -0.2) is 8.42 Å². The van der Waals surface area contributed by atoms with Gasteiger partial charge in [0.1, 0.15) is 0 Å². The largest absolute Gasteiger partial charge is 0.326 e. The Morgan fingerprint density at radius 3 is 2.28 bits per heavy atom. The van der Waals surface area contributed by atoms with Gasteiger partial charge in [0.2, 0.25) is 5.91 Å². The summed E-state index contributed by atoms with van der Waals surface area (Å²) in [5, 5.41) is 2.89. The number of unbranched alkanes of at least 4 members (excludes halogenated alkanes) is 3. The van der Waals surface area contributed by atoms with E-state index in [1.54, 1.807) is 30.3 Å². The number of sulfone groups is 1. The first kappa shape index (κ1) is 19.2. The van der Waals surface area contributed by atoms with Crippen LogP contribution in [0.1, 0.15) is 39.0 Å². The molecule has 0 heterocycles. The van der Waals surface area contributed by atoms with Crippen LogP contribution in [0.2, 0.25) is 0 Å². The van der Waals surface area contributed by atoms with Gasteiger partial charge in [-0.3, -0.25) is 4.79 Å². The Balaban J connectivity index is 2.07. The predicted octanol–water partition coefficient (Wildman–Crippen LogP) is 4.67. The van der Waals surface area contributed by atoms with E-state index >= 15 is 0 Å². The molecule has 0 radical (unpaired) electrons. The highest BCUT2D eigenvalue weighted by Gasteiger charge is 2.13. The number of rotatable bonds is 8. The molecular weight excluding hydrogens is 334 g/mol. The normalized spacial score (nSPS) is 11.3. The molecule has 0 saturated carbocycles. The number of amides is 1. The van der Waals surface area contributed by atoms with Crippen molar-refractivity contribution in [3.8, 4) is 11.1 Å². The molecule has 0 aromatic heterocycles. The number of anilines is 1. The molecule has 0 unspecified atom stereocenters. The van der Waals surface area contributed by atoms with Crippen molar-refractivity contribution in [3.63, 3.8) is 0 Å². The van der Waals surface area contributed by atoms with Gasteiger partial charge in [-0.2, -0.15) is 0 Å². The summed E-state index contributed by atoms with van der Waals surface area (Å²) in [6.45, 7) is 2.14. The van der Waals surface area contributed by atoms with E-state index in [1.807, 2.05) is 18.2 Å². The quantitative estimate of drug-likeness (QED) is 0.697. The van der Waals surface area contributed by atoms with Crippen LogP contribution in [0.5, 0.6) is 0 Å². The van der Waals surface area contributed by atoms with Crippen molar-refractivity contribution in [3.05, 3.63) is 48.5 Å². The average molecular weight is 359 g/mol. The third-order valence-electron chi connectivity index (χ3n) is 4.02. The van der Waals surface area contributed by atoms with Gasteiger partial charge in [-0.1, -0.05) is 56.5 Å². The Labute approximate surface area is 150 Å². The molecule has 0 bridgehead atoms. The molecule has 4 nitrogen and oxygen atoms in total. The molecule has 0 fully saturated rings. The predicted molar refractivity (Wildman–Crippen MR) is 102 cm³/mol. The first-order valence-corrected chi connectivity index (χ1v) is 10.5. The maximum absolute atomic E-state index is 11.9. The third kappa shape index (κ3) is 5.71. The van der Waals surface area contributed by atoms with Gasteiger partial charge >= 0.3 is 0 Å². The standard InChI is InChI=1S/C20H25NO3S/c1-3-4-5-6-11-20(22)21-17-14-12-16(13-15-17)18-9-7-8-10-19(18)25(2,23)24/h7-10,12-15H,3-6,11H2,1-2H3,(H,21,22). The monoisotopic (exact) mass is 359 g/mol. The van der Waals surface area contributed by atoms with Gasteiger partial charge in [-0.05, 0) is 30.2 Å². The smallest absolute Gasteiger partial charge is 0.224 e. The van der Waals surface area contributed by atoms with Crippen LogP contribution >= 0.6 is 0 Å². The van der Waals surface area contributed by atoms with Crippen molar-refractivity contribution >= 4 is 21.4 Å². The van der Waals surface area contributed by atoms with Gasteiger partial charge in [-0.15, -0.1) is 0 Å². The van der Waals surface area contributed by atoms with E-state index in [2.05, 4.69) is 12.2 Å². The van der Waals surface area contributed by atoms with Crippen LogP contribution < -0.4 is 5.32 Å². The highest BCUT2D eigenvalue weighted by molar-refractivity contribution is 7.90. The lowest BCUT2D eigenvalue weighted by molar-refractivity contribution is -0.116. The van der Waals surface area contributed by atoms with E-state index in [4.69, 9.17) is 0 Å². The highest BCUT2D eigenvalue weighted by atomic mass is 32.2. The molecule has 1 amide bonds. The minimum atomic E-state index is -3.30. The summed E-state index contributed by atoms with van der Waals surface area (Å²) in [5.74, 6) is 0.0142. The number of nitrogens with one attached hydrogen (secondary N) is 1. The summed E-state index contributed by atoms with van der Waals surface area (Å²) in [5.41, 5.74) is 2.20. The fourth-order valence-corrected chi connectivity index (χ4v) is 3.61. The van der Waals surface area contributed by atoms with E-state index in [-0.39, 0.29) is 5.91 Å². The molecule has 5 heteroatoms. The molecule has 25 heavy (non-hydrogen) atoms. The highest BCUT2D eigenvalue weighted by Crippen LogP contribution is 2.28. The van der Waals surface area contributed by atoms with Gasteiger partial charge in [0.05, 0.1) is 4.90 Å². The van der Waals surface area contributed by atoms with Crippen molar-refractivity contribution in [2.24, 2.45) is 0 Å². The zero-order chi connectivity index (χ0) is 18.3. The molecule has 2 aromatic rings. The number of hydrogen-bond donors (Lipinski definition) is 1. The van der Waals surface area contributed by atoms with Crippen LogP contribution in [0.3, 0.4) is 0 Å². The maximum Gasteiger partial charge on any atom is 0.224 e. The minimum Gasteiger partial charge on any atom is -0.326 e. The van der Waals surface area contributed by atoms with Gasteiger partial charge in [0, 0.05) is 23.9 Å². The maximum atomic E-state index is 11.9. The molecule has 134 valence electrons. The molecule has 2 rings (SSSR count). The Morgan fingerprint density at radius 1 is 0.960 bits per heavy atom. The molecule has 0 aliphatic rings. The number of hydrogen-bond acceptors (Lipinski definition) is 3. The SMILES string of the molecule is CCCCCCC(=O)Nc1ccc(-c2ccccc2S(C)(=O)=O)cc1. The van der Waals surface area contributed by atoms with Gasteiger partial charge in [0.15, 0.2) is 9.84 Å². The Bertz CT molecular complexity index is 811. The van der Waals surface area contributed by atoms with E-state index in [0.717, 1.165) is 36.9 Å². The topological polar surface area (TPSA) is 63.2 Å². The summed E-state index contributed by atoms with van der Waals surface area (Å²) in [4.78, 5) is 12.2. The summed E-state index contributed by atoms with van der Waals surface area (Å²) in [7, 11) is -3.30. The third-order valence-corrected chi connectivity index (χ3v) is 5.18. The van der Waals surface area contributed by atoms with Crippen molar-refractivity contribution in [1.29, 1.82) is 0 Å². The lowest BCUT2D eigenvalue weighted by Crippen LogP contribution is -2.10. The van der Waals surface area contributed by atoms with Crippen LogP contribution in [-0.4, -0.2) is 20.6 Å². The summed E-state index contributed by atoms with van der Waals surface area (Å²) in [6, 6.07) is 14.2. The Hall–Kier alpha value is -2.14. The summed E-state index contributed by atoms with van der Waals surface area (Å²) in [6.07, 6.45) is 6.02. The lowest BCUT2D eigenvalue weighted by Gasteiger charge is -2.10. The number of benzene rings is 2. The number of carbonyl (C=O) groups is 1.